The highest BCUT2D eigenvalue weighted by atomic mass is 15.3. The number of hydrogen-bond donors (Lipinski definition) is 0. The van der Waals surface area contributed by atoms with E-state index in [1.807, 2.05) is 24.5 Å². The number of rotatable bonds is 6. The summed E-state index contributed by atoms with van der Waals surface area (Å²) in [5, 5.41) is 0. The Bertz CT molecular complexity index is 1680. The maximum Gasteiger partial charge on any atom is 0.234 e. The van der Waals surface area contributed by atoms with Crippen molar-refractivity contribution in [1.82, 2.24) is 38.5 Å². The third kappa shape index (κ3) is 4.45. The highest BCUT2D eigenvalue weighted by Gasteiger charge is 2.24. The van der Waals surface area contributed by atoms with Crippen LogP contribution in [0.4, 0.5) is 0 Å². The largest absolute Gasteiger partial charge is 0.295 e. The second kappa shape index (κ2) is 10.3. The van der Waals surface area contributed by atoms with Crippen LogP contribution in [0.15, 0.2) is 85.5 Å². The molecule has 1 aliphatic heterocycles. The fraction of sp³-hybridized carbons (Fsp3) is 0.250. The average Bonchev–Trinajstić information content (AvgIpc) is 3.53. The molecule has 7 rings (SSSR count). The molecule has 8 nitrogen and oxygen atoms in total. The van der Waals surface area contributed by atoms with Gasteiger partial charge in [-0.2, -0.15) is 0 Å². The van der Waals surface area contributed by atoms with Gasteiger partial charge in [0.2, 0.25) is 11.6 Å². The van der Waals surface area contributed by atoms with Gasteiger partial charge in [-0.05, 0) is 37.1 Å². The van der Waals surface area contributed by atoms with E-state index in [1.54, 1.807) is 0 Å². The number of imidazole rings is 2. The van der Waals surface area contributed by atoms with Crippen molar-refractivity contribution in [2.45, 2.75) is 26.9 Å². The summed E-state index contributed by atoms with van der Waals surface area (Å²) in [5.41, 5.74) is 9.24. The zero-order chi connectivity index (χ0) is 27.1. The van der Waals surface area contributed by atoms with E-state index in [2.05, 4.69) is 103 Å². The van der Waals surface area contributed by atoms with Crippen molar-refractivity contribution in [1.29, 1.82) is 0 Å². The molecule has 0 amide bonds. The lowest BCUT2D eigenvalue weighted by molar-refractivity contribution is 0.120. The predicted molar refractivity (Wildman–Crippen MR) is 157 cm³/mol. The maximum absolute atomic E-state index is 4.95. The van der Waals surface area contributed by atoms with Crippen LogP contribution in [0.5, 0.6) is 0 Å². The summed E-state index contributed by atoms with van der Waals surface area (Å²) in [6, 6.07) is 20.9. The molecule has 0 saturated carbocycles. The molecule has 2 aromatic carbocycles. The number of fused-ring (bicyclic) bond motifs is 2. The Balaban J connectivity index is 1.13. The molecule has 1 saturated heterocycles. The number of hydrogen-bond acceptors (Lipinski definition) is 6. The SMILES string of the molecule is Cc1ccccc1-c1nc2ncccn2c1CN1CCN(Cc2c(-c3ccccc3C)nc3ncccn23)CC1. The fourth-order valence-corrected chi connectivity index (χ4v) is 5.81. The van der Waals surface area contributed by atoms with Gasteiger partial charge in [-0.1, -0.05) is 48.5 Å². The van der Waals surface area contributed by atoms with Crippen molar-refractivity contribution in [3.8, 4) is 22.5 Å². The summed E-state index contributed by atoms with van der Waals surface area (Å²) in [6.07, 6.45) is 7.78. The Labute approximate surface area is 233 Å². The highest BCUT2D eigenvalue weighted by molar-refractivity contribution is 5.69. The third-order valence-corrected chi connectivity index (χ3v) is 8.02. The van der Waals surface area contributed by atoms with Crippen LogP contribution in [0, 0.1) is 13.8 Å². The lowest BCUT2D eigenvalue weighted by atomic mass is 10.0. The summed E-state index contributed by atoms with van der Waals surface area (Å²) in [6.45, 7) is 9.89. The van der Waals surface area contributed by atoms with E-state index in [0.717, 1.165) is 62.2 Å². The Morgan fingerprint density at radius 1 is 0.575 bits per heavy atom. The monoisotopic (exact) mass is 528 g/mol. The van der Waals surface area contributed by atoms with Crippen LogP contribution < -0.4 is 0 Å². The first-order valence-electron chi connectivity index (χ1n) is 13.9. The van der Waals surface area contributed by atoms with Crippen molar-refractivity contribution in [3.63, 3.8) is 0 Å². The van der Waals surface area contributed by atoms with Crippen molar-refractivity contribution >= 4 is 11.6 Å². The first kappa shape index (κ1) is 24.6. The van der Waals surface area contributed by atoms with E-state index in [9.17, 15) is 0 Å². The van der Waals surface area contributed by atoms with Crippen molar-refractivity contribution in [2.24, 2.45) is 0 Å². The van der Waals surface area contributed by atoms with Crippen molar-refractivity contribution in [2.75, 3.05) is 26.2 Å². The van der Waals surface area contributed by atoms with E-state index in [1.165, 1.54) is 33.6 Å². The van der Waals surface area contributed by atoms with Crippen LogP contribution in [-0.4, -0.2) is 64.7 Å². The molecule has 0 unspecified atom stereocenters. The number of benzene rings is 2. The quantitative estimate of drug-likeness (QED) is 0.302. The molecule has 0 aliphatic carbocycles. The fourth-order valence-electron chi connectivity index (χ4n) is 5.81. The third-order valence-electron chi connectivity index (χ3n) is 8.02. The van der Waals surface area contributed by atoms with Gasteiger partial charge in [-0.15, -0.1) is 0 Å². The minimum atomic E-state index is 0.749. The van der Waals surface area contributed by atoms with Crippen molar-refractivity contribution in [3.05, 3.63) is 108 Å². The summed E-state index contributed by atoms with van der Waals surface area (Å²) in [7, 11) is 0. The zero-order valence-electron chi connectivity index (χ0n) is 22.9. The minimum absolute atomic E-state index is 0.749. The maximum atomic E-state index is 4.95. The van der Waals surface area contributed by atoms with Gasteiger partial charge >= 0.3 is 0 Å². The lowest BCUT2D eigenvalue weighted by Gasteiger charge is -2.34. The summed E-state index contributed by atoms with van der Waals surface area (Å²) >= 11 is 0. The summed E-state index contributed by atoms with van der Waals surface area (Å²) in [5.74, 6) is 1.50. The molecule has 40 heavy (non-hydrogen) atoms. The van der Waals surface area contributed by atoms with Gasteiger partial charge in [0.15, 0.2) is 0 Å². The van der Waals surface area contributed by atoms with Crippen LogP contribution in [0.1, 0.15) is 22.5 Å². The molecule has 6 aromatic rings. The van der Waals surface area contributed by atoms with Gasteiger partial charge in [0.1, 0.15) is 0 Å². The first-order valence-corrected chi connectivity index (χ1v) is 13.9. The number of piperazine rings is 1. The van der Waals surface area contributed by atoms with E-state index in [-0.39, 0.29) is 0 Å². The van der Waals surface area contributed by atoms with Crippen molar-refractivity contribution < 1.29 is 0 Å². The van der Waals surface area contributed by atoms with E-state index < -0.39 is 0 Å². The van der Waals surface area contributed by atoms with Gasteiger partial charge in [0.05, 0.1) is 22.8 Å². The number of aromatic nitrogens is 6. The van der Waals surface area contributed by atoms with Gasteiger partial charge in [0.25, 0.3) is 0 Å². The van der Waals surface area contributed by atoms with Crippen LogP contribution in [0.25, 0.3) is 34.1 Å². The molecule has 8 heteroatoms. The molecule has 1 aliphatic rings. The Hall–Kier alpha value is -4.40. The first-order chi connectivity index (χ1) is 19.7. The lowest BCUT2D eigenvalue weighted by Crippen LogP contribution is -2.45. The predicted octanol–water partition coefficient (Wildman–Crippen LogP) is 5.04. The van der Waals surface area contributed by atoms with Crippen LogP contribution in [0.3, 0.4) is 0 Å². The molecule has 0 spiro atoms. The Kier molecular flexibility index (Phi) is 6.34. The van der Waals surface area contributed by atoms with Gasteiger partial charge in [-0.25, -0.2) is 19.9 Å². The van der Waals surface area contributed by atoms with Gasteiger partial charge < -0.3 is 0 Å². The van der Waals surface area contributed by atoms with E-state index in [0.29, 0.717) is 0 Å². The normalized spacial score (nSPS) is 14.8. The van der Waals surface area contributed by atoms with E-state index in [4.69, 9.17) is 9.97 Å². The average molecular weight is 529 g/mol. The highest BCUT2D eigenvalue weighted by Crippen LogP contribution is 2.30. The minimum Gasteiger partial charge on any atom is -0.295 e. The number of aryl methyl sites for hydroxylation is 2. The molecule has 0 atom stereocenters. The zero-order valence-corrected chi connectivity index (χ0v) is 22.9. The van der Waals surface area contributed by atoms with Gasteiger partial charge in [0, 0.05) is 75.2 Å². The molecule has 4 aromatic heterocycles. The molecule has 0 bridgehead atoms. The topological polar surface area (TPSA) is 66.9 Å². The summed E-state index contributed by atoms with van der Waals surface area (Å²) < 4.78 is 4.29. The van der Waals surface area contributed by atoms with Gasteiger partial charge in [-0.3, -0.25) is 18.6 Å². The molecule has 0 N–H and O–H groups in total. The molecule has 0 radical (unpaired) electrons. The molecule has 200 valence electrons. The van der Waals surface area contributed by atoms with Crippen LogP contribution in [-0.2, 0) is 13.1 Å². The summed E-state index contributed by atoms with van der Waals surface area (Å²) in [4.78, 5) is 24.0. The smallest absolute Gasteiger partial charge is 0.234 e. The molecule has 5 heterocycles. The molecular weight excluding hydrogens is 496 g/mol. The molecule has 1 fully saturated rings. The van der Waals surface area contributed by atoms with E-state index >= 15 is 0 Å². The second-order valence-corrected chi connectivity index (χ2v) is 10.6. The standard InChI is InChI=1S/C32H32N8/c1-23-9-3-5-11-25(23)29-27(39-15-7-13-33-31(39)35-29)21-37-17-19-38(20-18-37)22-28-30(26-12-6-4-10-24(26)2)36-32-34-14-8-16-40(28)32/h3-16H,17-22H2,1-2H3. The van der Waals surface area contributed by atoms with Crippen LogP contribution in [0.2, 0.25) is 0 Å². The number of nitrogens with zero attached hydrogens (tertiary/aromatic N) is 8. The Morgan fingerprint density at radius 3 is 1.43 bits per heavy atom. The van der Waals surface area contributed by atoms with Crippen LogP contribution >= 0.6 is 0 Å². The Morgan fingerprint density at radius 2 is 1.00 bits per heavy atom. The molecular formula is C32H32N8. The second-order valence-electron chi connectivity index (χ2n) is 10.6.